The minimum absolute atomic E-state index is 0.174. The molecule has 1 aliphatic rings. The van der Waals surface area contributed by atoms with Gasteiger partial charge in [-0.2, -0.15) is 0 Å². The van der Waals surface area contributed by atoms with Gasteiger partial charge in [-0.15, -0.1) is 0 Å². The van der Waals surface area contributed by atoms with Crippen molar-refractivity contribution in [3.05, 3.63) is 84.3 Å². The van der Waals surface area contributed by atoms with E-state index in [-0.39, 0.29) is 5.91 Å². The van der Waals surface area contributed by atoms with Gasteiger partial charge < -0.3 is 19.4 Å². The standard InChI is InChI=1S/C24H22N4O3S/c1-32(30)19-7-4-17(5-8-19)16-26-24(29)18-6-9-20-22(15-18)31-14-13-28(20)21-3-2-11-27-12-10-25-23(21)27/h2-12,15H,13-14,16H2,1H3,(H,26,29). The van der Waals surface area contributed by atoms with Crippen molar-refractivity contribution in [1.82, 2.24) is 14.7 Å². The van der Waals surface area contributed by atoms with E-state index >= 15 is 0 Å². The minimum Gasteiger partial charge on any atom is -0.490 e. The van der Waals surface area contributed by atoms with E-state index in [1.165, 1.54) is 0 Å². The second-order valence-corrected chi connectivity index (χ2v) is 8.89. The maximum absolute atomic E-state index is 12.7. The molecule has 2 aromatic heterocycles. The molecule has 0 spiro atoms. The molecule has 1 amide bonds. The van der Waals surface area contributed by atoms with Crippen LogP contribution in [0.5, 0.6) is 5.75 Å². The van der Waals surface area contributed by atoms with Crippen LogP contribution in [0.2, 0.25) is 0 Å². The van der Waals surface area contributed by atoms with Gasteiger partial charge in [-0.3, -0.25) is 9.00 Å². The molecule has 0 fully saturated rings. The van der Waals surface area contributed by atoms with Crippen LogP contribution in [0.25, 0.3) is 5.65 Å². The molecule has 0 saturated carbocycles. The lowest BCUT2D eigenvalue weighted by Gasteiger charge is -2.31. The first kappa shape index (κ1) is 20.3. The number of fused-ring (bicyclic) bond motifs is 2. The highest BCUT2D eigenvalue weighted by Crippen LogP contribution is 2.38. The first-order valence-electron chi connectivity index (χ1n) is 10.3. The molecule has 162 valence electrons. The average Bonchev–Trinajstić information content (AvgIpc) is 3.31. The fourth-order valence-corrected chi connectivity index (χ4v) is 4.36. The van der Waals surface area contributed by atoms with E-state index in [2.05, 4.69) is 15.2 Å². The van der Waals surface area contributed by atoms with Crippen molar-refractivity contribution in [1.29, 1.82) is 0 Å². The summed E-state index contributed by atoms with van der Waals surface area (Å²) in [5.41, 5.74) is 4.26. The van der Waals surface area contributed by atoms with Crippen molar-refractivity contribution in [3.63, 3.8) is 0 Å². The van der Waals surface area contributed by atoms with Crippen LogP contribution in [0.4, 0.5) is 11.4 Å². The number of ether oxygens (including phenoxy) is 1. The van der Waals surface area contributed by atoms with Gasteiger partial charge in [0.2, 0.25) is 0 Å². The van der Waals surface area contributed by atoms with Crippen molar-refractivity contribution >= 4 is 33.7 Å². The van der Waals surface area contributed by atoms with Gasteiger partial charge in [-0.25, -0.2) is 4.98 Å². The van der Waals surface area contributed by atoms with Gasteiger partial charge >= 0.3 is 0 Å². The molecule has 0 aliphatic carbocycles. The van der Waals surface area contributed by atoms with Crippen molar-refractivity contribution in [2.24, 2.45) is 0 Å². The Balaban J connectivity index is 1.34. The molecule has 1 N–H and O–H groups in total. The number of anilines is 2. The van der Waals surface area contributed by atoms with Gasteiger partial charge in [0.05, 0.1) is 17.9 Å². The lowest BCUT2D eigenvalue weighted by Crippen LogP contribution is -2.29. The first-order chi connectivity index (χ1) is 15.6. The van der Waals surface area contributed by atoms with Gasteiger partial charge in [0, 0.05) is 52.6 Å². The summed E-state index contributed by atoms with van der Waals surface area (Å²) in [6, 6.07) is 16.9. The number of amides is 1. The Morgan fingerprint density at radius 2 is 1.97 bits per heavy atom. The van der Waals surface area contributed by atoms with Crippen LogP contribution in [-0.2, 0) is 17.3 Å². The van der Waals surface area contributed by atoms with Gasteiger partial charge in [-0.05, 0) is 48.0 Å². The first-order valence-corrected chi connectivity index (χ1v) is 11.8. The molecule has 0 saturated heterocycles. The highest BCUT2D eigenvalue weighted by Gasteiger charge is 2.23. The number of rotatable bonds is 5. The quantitative estimate of drug-likeness (QED) is 0.508. The number of carbonyl (C=O) groups excluding carboxylic acids is 1. The fourth-order valence-electron chi connectivity index (χ4n) is 3.84. The molecular weight excluding hydrogens is 424 g/mol. The summed E-state index contributed by atoms with van der Waals surface area (Å²) in [7, 11) is -1.01. The third-order valence-corrected chi connectivity index (χ3v) is 6.42. The number of hydrogen-bond donors (Lipinski definition) is 1. The summed E-state index contributed by atoms with van der Waals surface area (Å²) in [5, 5.41) is 2.94. The van der Waals surface area contributed by atoms with Crippen molar-refractivity contribution in [2.75, 3.05) is 24.3 Å². The Kier molecular flexibility index (Phi) is 5.36. The number of nitrogens with zero attached hydrogens (tertiary/aromatic N) is 3. The number of benzene rings is 2. The number of aromatic nitrogens is 2. The third kappa shape index (κ3) is 3.85. The second kappa shape index (κ2) is 8.47. The smallest absolute Gasteiger partial charge is 0.251 e. The highest BCUT2D eigenvalue weighted by atomic mass is 32.2. The Bertz CT molecular complexity index is 1320. The molecule has 5 rings (SSSR count). The predicted octanol–water partition coefficient (Wildman–Crippen LogP) is 3.53. The average molecular weight is 447 g/mol. The SMILES string of the molecule is CS(=O)c1ccc(CNC(=O)c2ccc3c(c2)OCCN3c2cccn3ccnc23)cc1. The third-order valence-electron chi connectivity index (χ3n) is 5.48. The topological polar surface area (TPSA) is 75.9 Å². The van der Waals surface area contributed by atoms with Gasteiger partial charge in [-0.1, -0.05) is 12.1 Å². The zero-order valence-corrected chi connectivity index (χ0v) is 18.3. The number of nitrogens with one attached hydrogen (secondary N) is 1. The molecule has 2 aromatic carbocycles. The Morgan fingerprint density at radius 3 is 2.78 bits per heavy atom. The van der Waals surface area contributed by atoms with E-state index in [9.17, 15) is 9.00 Å². The van der Waals surface area contributed by atoms with E-state index in [1.54, 1.807) is 18.5 Å². The zero-order valence-electron chi connectivity index (χ0n) is 17.5. The molecule has 1 atom stereocenters. The molecule has 8 heteroatoms. The van der Waals surface area contributed by atoms with E-state index in [1.807, 2.05) is 65.3 Å². The maximum Gasteiger partial charge on any atom is 0.251 e. The maximum atomic E-state index is 12.7. The molecule has 3 heterocycles. The highest BCUT2D eigenvalue weighted by molar-refractivity contribution is 7.84. The minimum atomic E-state index is -1.01. The zero-order chi connectivity index (χ0) is 22.1. The predicted molar refractivity (Wildman–Crippen MR) is 124 cm³/mol. The van der Waals surface area contributed by atoms with Crippen molar-refractivity contribution < 1.29 is 13.7 Å². The van der Waals surface area contributed by atoms with E-state index < -0.39 is 10.8 Å². The van der Waals surface area contributed by atoms with Gasteiger partial charge in [0.15, 0.2) is 5.65 Å². The molecule has 7 nitrogen and oxygen atoms in total. The molecule has 4 aromatic rings. The molecule has 0 radical (unpaired) electrons. The lowest BCUT2D eigenvalue weighted by atomic mass is 10.1. The number of carbonyl (C=O) groups is 1. The summed E-state index contributed by atoms with van der Waals surface area (Å²) < 4.78 is 19.4. The number of imidazole rings is 1. The van der Waals surface area contributed by atoms with Gasteiger partial charge in [0.1, 0.15) is 12.4 Å². The van der Waals surface area contributed by atoms with Crippen LogP contribution in [0.1, 0.15) is 15.9 Å². The van der Waals surface area contributed by atoms with Crippen LogP contribution in [-0.4, -0.2) is 38.9 Å². The molecule has 1 aliphatic heterocycles. The van der Waals surface area contributed by atoms with Crippen LogP contribution >= 0.6 is 0 Å². The summed E-state index contributed by atoms with van der Waals surface area (Å²) in [6.45, 7) is 1.61. The summed E-state index contributed by atoms with van der Waals surface area (Å²) in [5.74, 6) is 0.499. The van der Waals surface area contributed by atoms with Crippen LogP contribution in [0.3, 0.4) is 0 Å². The Morgan fingerprint density at radius 1 is 1.12 bits per heavy atom. The largest absolute Gasteiger partial charge is 0.490 e. The van der Waals surface area contributed by atoms with Crippen LogP contribution in [0.15, 0.2) is 78.1 Å². The van der Waals surface area contributed by atoms with Crippen LogP contribution in [0, 0.1) is 0 Å². The van der Waals surface area contributed by atoms with Crippen molar-refractivity contribution in [3.8, 4) is 5.75 Å². The molecule has 0 bridgehead atoms. The Hall–Kier alpha value is -3.65. The van der Waals surface area contributed by atoms with Crippen molar-refractivity contribution in [2.45, 2.75) is 11.4 Å². The molecular formula is C24H22N4O3S. The van der Waals surface area contributed by atoms with E-state index in [0.717, 1.165) is 27.5 Å². The summed E-state index contributed by atoms with van der Waals surface area (Å²) in [4.78, 5) is 20.1. The normalized spacial score (nSPS) is 14.0. The van der Waals surface area contributed by atoms with E-state index in [0.29, 0.717) is 31.0 Å². The van der Waals surface area contributed by atoms with E-state index in [4.69, 9.17) is 4.74 Å². The monoisotopic (exact) mass is 446 g/mol. The summed E-state index contributed by atoms with van der Waals surface area (Å²) >= 11 is 0. The molecule has 32 heavy (non-hydrogen) atoms. The number of hydrogen-bond acceptors (Lipinski definition) is 5. The lowest BCUT2D eigenvalue weighted by molar-refractivity contribution is 0.0950. The fraction of sp³-hybridized carbons (Fsp3) is 0.167. The summed E-state index contributed by atoms with van der Waals surface area (Å²) in [6.07, 6.45) is 7.31. The second-order valence-electron chi connectivity index (χ2n) is 7.51. The number of pyridine rings is 1. The van der Waals surface area contributed by atoms with Gasteiger partial charge in [0.25, 0.3) is 5.91 Å². The van der Waals surface area contributed by atoms with Crippen LogP contribution < -0.4 is 15.0 Å². The Labute approximate surface area is 188 Å². The molecule has 1 unspecified atom stereocenters.